The Bertz CT molecular complexity index is 1070. The average Bonchev–Trinajstić information content (AvgIpc) is 3.09. The summed E-state index contributed by atoms with van der Waals surface area (Å²) < 4.78 is 3.13. The highest BCUT2D eigenvalue weighted by molar-refractivity contribution is 5.40. The summed E-state index contributed by atoms with van der Waals surface area (Å²) in [5.41, 5.74) is 8.68. The van der Waals surface area contributed by atoms with Crippen molar-refractivity contribution < 1.29 is 0 Å². The van der Waals surface area contributed by atoms with Gasteiger partial charge >= 0.3 is 0 Å². The minimum absolute atomic E-state index is 0.166. The standard InChI is InChI=1S/C18H16N6O/c19-15-8-6-14(7-9-15)11-23-17(25)16(10-13-4-2-1-3-5-13)22-24-12-20-21-18(23)24/h1-9,12H,10-11,19H2. The third-order valence-corrected chi connectivity index (χ3v) is 4.01. The van der Waals surface area contributed by atoms with E-state index in [1.54, 1.807) is 4.57 Å². The highest BCUT2D eigenvalue weighted by atomic mass is 16.1. The summed E-state index contributed by atoms with van der Waals surface area (Å²) in [5.74, 6) is 0.415. The van der Waals surface area contributed by atoms with Crippen LogP contribution >= 0.6 is 0 Å². The van der Waals surface area contributed by atoms with Gasteiger partial charge in [-0.15, -0.1) is 10.2 Å². The van der Waals surface area contributed by atoms with Gasteiger partial charge in [0.15, 0.2) is 0 Å². The summed E-state index contributed by atoms with van der Waals surface area (Å²) >= 11 is 0. The molecular formula is C18H16N6O. The second kappa shape index (κ2) is 6.20. The van der Waals surface area contributed by atoms with Gasteiger partial charge in [0.1, 0.15) is 12.0 Å². The third kappa shape index (κ3) is 2.99. The maximum absolute atomic E-state index is 13.0. The van der Waals surface area contributed by atoms with Crippen LogP contribution in [-0.4, -0.2) is 24.4 Å². The van der Waals surface area contributed by atoms with Crippen LogP contribution in [0.3, 0.4) is 0 Å². The molecular weight excluding hydrogens is 316 g/mol. The Morgan fingerprint density at radius 2 is 1.72 bits per heavy atom. The Morgan fingerprint density at radius 1 is 0.960 bits per heavy atom. The van der Waals surface area contributed by atoms with Crippen molar-refractivity contribution in [1.29, 1.82) is 0 Å². The van der Waals surface area contributed by atoms with Gasteiger partial charge in [-0.3, -0.25) is 9.36 Å². The first-order valence-corrected chi connectivity index (χ1v) is 7.89. The molecule has 0 unspecified atom stereocenters. The zero-order chi connectivity index (χ0) is 17.2. The fourth-order valence-electron chi connectivity index (χ4n) is 2.74. The number of nitrogens with two attached hydrogens (primary N) is 1. The number of hydrogen-bond acceptors (Lipinski definition) is 5. The maximum Gasteiger partial charge on any atom is 0.277 e. The number of nitrogens with zero attached hydrogens (tertiary/aromatic N) is 5. The average molecular weight is 332 g/mol. The molecule has 4 aromatic rings. The molecule has 124 valence electrons. The van der Waals surface area contributed by atoms with E-state index in [0.29, 0.717) is 30.1 Å². The summed E-state index contributed by atoms with van der Waals surface area (Å²) in [4.78, 5) is 13.0. The van der Waals surface area contributed by atoms with Crippen LogP contribution in [0, 0.1) is 0 Å². The van der Waals surface area contributed by atoms with Gasteiger partial charge in [-0.25, -0.2) is 0 Å². The third-order valence-electron chi connectivity index (χ3n) is 4.01. The topological polar surface area (TPSA) is 91.1 Å². The quantitative estimate of drug-likeness (QED) is 0.572. The van der Waals surface area contributed by atoms with Crippen LogP contribution in [0.15, 0.2) is 65.7 Å². The van der Waals surface area contributed by atoms with E-state index < -0.39 is 0 Å². The molecule has 0 bridgehead atoms. The predicted octanol–water partition coefficient (Wildman–Crippen LogP) is 1.51. The lowest BCUT2D eigenvalue weighted by atomic mass is 10.1. The smallest absolute Gasteiger partial charge is 0.277 e. The van der Waals surface area contributed by atoms with Gasteiger partial charge in [0.05, 0.1) is 6.54 Å². The second-order valence-electron chi connectivity index (χ2n) is 5.82. The van der Waals surface area contributed by atoms with Gasteiger partial charge in [-0.05, 0) is 23.3 Å². The molecule has 2 aromatic carbocycles. The maximum atomic E-state index is 13.0. The molecule has 0 atom stereocenters. The van der Waals surface area contributed by atoms with E-state index in [4.69, 9.17) is 5.73 Å². The molecule has 0 fully saturated rings. The van der Waals surface area contributed by atoms with Crippen molar-refractivity contribution in [3.63, 3.8) is 0 Å². The van der Waals surface area contributed by atoms with Crippen molar-refractivity contribution in [2.24, 2.45) is 0 Å². The van der Waals surface area contributed by atoms with Crippen molar-refractivity contribution in [1.82, 2.24) is 24.4 Å². The van der Waals surface area contributed by atoms with Gasteiger partial charge in [0, 0.05) is 12.1 Å². The number of nitrogen functional groups attached to an aromatic ring is 1. The molecule has 0 saturated heterocycles. The largest absolute Gasteiger partial charge is 0.399 e. The summed E-state index contributed by atoms with van der Waals surface area (Å²) in [6, 6.07) is 17.2. The number of anilines is 1. The second-order valence-corrected chi connectivity index (χ2v) is 5.82. The van der Waals surface area contributed by atoms with Crippen LogP contribution in [0.2, 0.25) is 0 Å². The first-order valence-electron chi connectivity index (χ1n) is 7.89. The minimum atomic E-state index is -0.166. The normalized spacial score (nSPS) is 11.0. The highest BCUT2D eigenvalue weighted by Gasteiger charge is 2.13. The number of fused-ring (bicyclic) bond motifs is 1. The van der Waals surface area contributed by atoms with Gasteiger partial charge in [-0.1, -0.05) is 42.5 Å². The summed E-state index contributed by atoms with van der Waals surface area (Å²) in [6.45, 7) is 0.381. The van der Waals surface area contributed by atoms with Gasteiger partial charge in [0.2, 0.25) is 0 Å². The lowest BCUT2D eigenvalue weighted by Gasteiger charge is -2.10. The van der Waals surface area contributed by atoms with E-state index >= 15 is 0 Å². The Balaban J connectivity index is 1.79. The predicted molar refractivity (Wildman–Crippen MR) is 94.2 cm³/mol. The van der Waals surface area contributed by atoms with E-state index in [-0.39, 0.29) is 5.56 Å². The van der Waals surface area contributed by atoms with E-state index in [0.717, 1.165) is 11.1 Å². The SMILES string of the molecule is Nc1ccc(Cn2c(=O)c(Cc3ccccc3)nn3cnnc23)cc1. The van der Waals surface area contributed by atoms with E-state index in [9.17, 15) is 4.79 Å². The molecule has 0 aliphatic rings. The van der Waals surface area contributed by atoms with Crippen molar-refractivity contribution in [2.45, 2.75) is 13.0 Å². The molecule has 0 amide bonds. The van der Waals surface area contributed by atoms with Crippen LogP contribution < -0.4 is 11.3 Å². The molecule has 25 heavy (non-hydrogen) atoms. The first kappa shape index (κ1) is 15.1. The molecule has 0 aliphatic carbocycles. The van der Waals surface area contributed by atoms with Crippen molar-refractivity contribution >= 4 is 11.5 Å². The minimum Gasteiger partial charge on any atom is -0.399 e. The molecule has 2 heterocycles. The molecule has 0 aliphatic heterocycles. The molecule has 0 radical (unpaired) electrons. The van der Waals surface area contributed by atoms with Crippen LogP contribution in [-0.2, 0) is 13.0 Å². The monoisotopic (exact) mass is 332 g/mol. The molecule has 0 spiro atoms. The van der Waals surface area contributed by atoms with Gasteiger partial charge < -0.3 is 5.73 Å². The molecule has 7 nitrogen and oxygen atoms in total. The number of benzene rings is 2. The van der Waals surface area contributed by atoms with Crippen molar-refractivity contribution in [3.05, 3.63) is 88.1 Å². The number of rotatable bonds is 4. The molecule has 0 saturated carbocycles. The van der Waals surface area contributed by atoms with Gasteiger partial charge in [-0.2, -0.15) is 9.61 Å². The Hall–Kier alpha value is -3.48. The Kier molecular flexibility index (Phi) is 3.74. The fourth-order valence-corrected chi connectivity index (χ4v) is 2.74. The van der Waals surface area contributed by atoms with E-state index in [1.165, 1.54) is 10.8 Å². The van der Waals surface area contributed by atoms with Crippen LogP contribution in [0.1, 0.15) is 16.8 Å². The molecule has 7 heteroatoms. The van der Waals surface area contributed by atoms with Crippen molar-refractivity contribution in [3.8, 4) is 0 Å². The summed E-state index contributed by atoms with van der Waals surface area (Å²) in [7, 11) is 0. The summed E-state index contributed by atoms with van der Waals surface area (Å²) in [5, 5.41) is 12.3. The van der Waals surface area contributed by atoms with Gasteiger partial charge in [0.25, 0.3) is 11.3 Å². The highest BCUT2D eigenvalue weighted by Crippen LogP contribution is 2.09. The first-order chi connectivity index (χ1) is 12.2. The molecule has 4 rings (SSSR count). The summed E-state index contributed by atoms with van der Waals surface area (Å²) in [6.07, 6.45) is 1.96. The van der Waals surface area contributed by atoms with E-state index in [1.807, 2.05) is 54.6 Å². The Labute approximate surface area is 143 Å². The van der Waals surface area contributed by atoms with Crippen LogP contribution in [0.5, 0.6) is 0 Å². The Morgan fingerprint density at radius 3 is 2.48 bits per heavy atom. The fraction of sp³-hybridized carbons (Fsp3) is 0.111. The van der Waals surface area contributed by atoms with Crippen LogP contribution in [0.25, 0.3) is 5.78 Å². The zero-order valence-electron chi connectivity index (χ0n) is 13.4. The molecule has 2 N–H and O–H groups in total. The molecule has 2 aromatic heterocycles. The lowest BCUT2D eigenvalue weighted by molar-refractivity contribution is 0.692. The van der Waals surface area contributed by atoms with Crippen LogP contribution in [0.4, 0.5) is 5.69 Å². The number of hydrogen-bond donors (Lipinski definition) is 1. The number of aromatic nitrogens is 5. The van der Waals surface area contributed by atoms with E-state index in [2.05, 4.69) is 15.3 Å². The van der Waals surface area contributed by atoms with Crippen molar-refractivity contribution in [2.75, 3.05) is 5.73 Å². The zero-order valence-corrected chi connectivity index (χ0v) is 13.4. The lowest BCUT2D eigenvalue weighted by Crippen LogP contribution is -2.29.